The van der Waals surface area contributed by atoms with Crippen LogP contribution in [0.2, 0.25) is 0 Å². The van der Waals surface area contributed by atoms with Crippen molar-refractivity contribution in [3.05, 3.63) is 54.4 Å². The van der Waals surface area contributed by atoms with Crippen LogP contribution in [0, 0.1) is 0 Å². The maximum Gasteiger partial charge on any atom is 0.407 e. The number of nitrogens with zero attached hydrogens (tertiary/aromatic N) is 2. The number of carbonyl (C=O) groups is 1. The van der Waals surface area contributed by atoms with Gasteiger partial charge in [0.05, 0.1) is 7.11 Å². The lowest BCUT2D eigenvalue weighted by atomic mass is 10.1. The largest absolute Gasteiger partial charge is 0.497 e. The van der Waals surface area contributed by atoms with Crippen LogP contribution >= 0.6 is 11.8 Å². The van der Waals surface area contributed by atoms with Crippen LogP contribution in [0.3, 0.4) is 0 Å². The number of hydrogen-bond acceptors (Lipinski definition) is 3. The third-order valence-corrected chi connectivity index (χ3v) is 6.20. The van der Waals surface area contributed by atoms with Gasteiger partial charge >= 0.3 is 6.09 Å². The van der Waals surface area contributed by atoms with Crippen LogP contribution in [0.5, 0.6) is 5.75 Å². The van der Waals surface area contributed by atoms with Gasteiger partial charge in [0.2, 0.25) is 0 Å². The van der Waals surface area contributed by atoms with Crippen molar-refractivity contribution in [1.29, 1.82) is 0 Å². The van der Waals surface area contributed by atoms with E-state index in [1.165, 1.54) is 5.56 Å². The molecule has 1 N–H and O–H groups in total. The summed E-state index contributed by atoms with van der Waals surface area (Å²) in [6.45, 7) is 1.57. The fraction of sp³-hybridized carbons (Fsp3) is 0.450. The quantitative estimate of drug-likeness (QED) is 0.747. The molecule has 26 heavy (non-hydrogen) atoms. The normalized spacial score (nSPS) is 19.7. The minimum atomic E-state index is -0.788. The monoisotopic (exact) mass is 374 g/mol. The number of aromatic nitrogens is 1. The van der Waals surface area contributed by atoms with Gasteiger partial charge in [0, 0.05) is 42.5 Å². The van der Waals surface area contributed by atoms with Crippen LogP contribution in [-0.4, -0.2) is 45.6 Å². The van der Waals surface area contributed by atoms with Crippen LogP contribution in [0.25, 0.3) is 0 Å². The first-order valence-electron chi connectivity index (χ1n) is 9.00. The number of likely N-dealkylation sites (tertiary alicyclic amines) is 1. The summed E-state index contributed by atoms with van der Waals surface area (Å²) in [5.41, 5.74) is 1.24. The zero-order chi connectivity index (χ0) is 18.4. The summed E-state index contributed by atoms with van der Waals surface area (Å²) in [6, 6.07) is 12.3. The summed E-state index contributed by atoms with van der Waals surface area (Å²) in [6.07, 6.45) is 6.18. The van der Waals surface area contributed by atoms with Gasteiger partial charge in [0.25, 0.3) is 0 Å². The summed E-state index contributed by atoms with van der Waals surface area (Å²) < 4.78 is 7.33. The molecule has 2 atom stereocenters. The van der Waals surface area contributed by atoms with E-state index in [1.807, 2.05) is 36.0 Å². The summed E-state index contributed by atoms with van der Waals surface area (Å²) in [5.74, 6) is 1.76. The van der Waals surface area contributed by atoms with Crippen molar-refractivity contribution in [2.75, 3.05) is 13.7 Å². The first kappa shape index (κ1) is 18.7. The lowest BCUT2D eigenvalue weighted by molar-refractivity contribution is 0.137. The highest BCUT2D eigenvalue weighted by molar-refractivity contribution is 7.99. The van der Waals surface area contributed by atoms with Crippen molar-refractivity contribution in [2.24, 2.45) is 0 Å². The molecule has 2 heterocycles. The average molecular weight is 375 g/mol. The van der Waals surface area contributed by atoms with Gasteiger partial charge < -0.3 is 19.3 Å². The van der Waals surface area contributed by atoms with Gasteiger partial charge in [-0.3, -0.25) is 0 Å². The van der Waals surface area contributed by atoms with E-state index < -0.39 is 6.09 Å². The lowest BCUT2D eigenvalue weighted by Gasteiger charge is -2.21. The fourth-order valence-electron chi connectivity index (χ4n) is 3.47. The molecule has 1 fully saturated rings. The number of aryl methyl sites for hydroxylation is 1. The molecule has 1 aliphatic rings. The van der Waals surface area contributed by atoms with E-state index in [0.717, 1.165) is 37.3 Å². The molecule has 0 bridgehead atoms. The molecule has 1 saturated heterocycles. The van der Waals surface area contributed by atoms with Crippen LogP contribution < -0.4 is 4.74 Å². The predicted molar refractivity (Wildman–Crippen MR) is 105 cm³/mol. The van der Waals surface area contributed by atoms with E-state index in [1.54, 1.807) is 12.0 Å². The van der Waals surface area contributed by atoms with Gasteiger partial charge in [-0.05, 0) is 49.1 Å². The molecular formula is C20H26N2O3S. The molecule has 3 rings (SSSR count). The van der Waals surface area contributed by atoms with Crippen LogP contribution in [0.1, 0.15) is 24.8 Å². The molecule has 5 nitrogen and oxygen atoms in total. The van der Waals surface area contributed by atoms with Crippen molar-refractivity contribution >= 4 is 17.9 Å². The Morgan fingerprint density at radius 2 is 2.00 bits per heavy atom. The number of hydrogen-bond donors (Lipinski definition) is 1. The van der Waals surface area contributed by atoms with Crippen LogP contribution in [0.4, 0.5) is 4.79 Å². The smallest absolute Gasteiger partial charge is 0.407 e. The van der Waals surface area contributed by atoms with Crippen molar-refractivity contribution in [3.63, 3.8) is 0 Å². The van der Waals surface area contributed by atoms with Gasteiger partial charge in [-0.25, -0.2) is 4.79 Å². The number of carboxylic acid groups (broad SMARTS) is 1. The average Bonchev–Trinajstić information content (AvgIpc) is 3.30. The molecule has 2 aromatic rings. The summed E-state index contributed by atoms with van der Waals surface area (Å²) >= 11 is 1.86. The Bertz CT molecular complexity index is 688. The second kappa shape index (κ2) is 9.03. The molecule has 0 unspecified atom stereocenters. The van der Waals surface area contributed by atoms with Gasteiger partial charge in [-0.2, -0.15) is 11.8 Å². The van der Waals surface area contributed by atoms with Crippen LogP contribution in [-0.2, 0) is 12.3 Å². The molecule has 1 aromatic heterocycles. The third kappa shape index (κ3) is 4.97. The van der Waals surface area contributed by atoms with Crippen molar-refractivity contribution in [3.8, 4) is 5.75 Å². The Morgan fingerprint density at radius 1 is 1.27 bits per heavy atom. The van der Waals surface area contributed by atoms with Gasteiger partial charge in [0.15, 0.2) is 0 Å². The Balaban J connectivity index is 1.48. The number of rotatable bonds is 8. The number of ether oxygens (including phenoxy) is 1. The lowest BCUT2D eigenvalue weighted by Crippen LogP contribution is -2.34. The molecule has 6 heteroatoms. The second-order valence-corrected chi connectivity index (χ2v) is 7.96. The minimum Gasteiger partial charge on any atom is -0.497 e. The Kier molecular flexibility index (Phi) is 6.50. The van der Waals surface area contributed by atoms with Crippen LogP contribution in [0.15, 0.2) is 48.8 Å². The van der Waals surface area contributed by atoms with Crippen molar-refractivity contribution < 1.29 is 14.6 Å². The molecule has 0 spiro atoms. The predicted octanol–water partition coefficient (Wildman–Crippen LogP) is 4.33. The molecular weight excluding hydrogens is 348 g/mol. The van der Waals surface area contributed by atoms with E-state index in [2.05, 4.69) is 29.1 Å². The highest BCUT2D eigenvalue weighted by Crippen LogP contribution is 2.32. The minimum absolute atomic E-state index is 0.136. The fourth-order valence-corrected chi connectivity index (χ4v) is 4.71. The highest BCUT2D eigenvalue weighted by atomic mass is 32.2. The molecule has 0 radical (unpaired) electrons. The Hall–Kier alpha value is -2.08. The molecule has 1 aromatic carbocycles. The van der Waals surface area contributed by atoms with Gasteiger partial charge in [-0.15, -0.1) is 0 Å². The van der Waals surface area contributed by atoms with Gasteiger partial charge in [0.1, 0.15) is 5.75 Å². The zero-order valence-electron chi connectivity index (χ0n) is 15.1. The maximum absolute atomic E-state index is 11.6. The highest BCUT2D eigenvalue weighted by Gasteiger charge is 2.34. The number of benzene rings is 1. The molecule has 1 amide bonds. The molecule has 140 valence electrons. The summed E-state index contributed by atoms with van der Waals surface area (Å²) in [4.78, 5) is 13.2. The summed E-state index contributed by atoms with van der Waals surface area (Å²) in [7, 11) is 1.67. The van der Waals surface area contributed by atoms with Gasteiger partial charge in [-0.1, -0.05) is 12.1 Å². The van der Waals surface area contributed by atoms with Crippen molar-refractivity contribution in [1.82, 2.24) is 9.47 Å². The molecule has 1 aliphatic heterocycles. The zero-order valence-corrected chi connectivity index (χ0v) is 15.9. The third-order valence-electron chi connectivity index (χ3n) is 4.89. The molecule has 0 aliphatic carbocycles. The number of amides is 1. The Labute approximate surface area is 159 Å². The van der Waals surface area contributed by atoms with E-state index in [-0.39, 0.29) is 6.04 Å². The van der Waals surface area contributed by atoms with E-state index >= 15 is 0 Å². The Morgan fingerprint density at radius 3 is 2.65 bits per heavy atom. The van der Waals surface area contributed by atoms with Crippen molar-refractivity contribution in [2.45, 2.75) is 42.9 Å². The SMILES string of the molecule is COc1ccc(CS[C@@H]2C[C@@H](CCCn3cccc3)N(C(=O)O)C2)cc1. The second-order valence-electron chi connectivity index (χ2n) is 6.67. The topological polar surface area (TPSA) is 54.7 Å². The molecule has 0 saturated carbocycles. The van der Waals surface area contributed by atoms with E-state index in [4.69, 9.17) is 4.74 Å². The summed E-state index contributed by atoms with van der Waals surface area (Å²) in [5, 5.41) is 9.89. The van der Waals surface area contributed by atoms with E-state index in [0.29, 0.717) is 11.8 Å². The first-order valence-corrected chi connectivity index (χ1v) is 10.1. The first-order chi connectivity index (χ1) is 12.7. The standard InChI is InChI=1S/C20H26N2O3S/c1-25-18-8-6-16(7-9-18)15-26-19-13-17(22(14-19)20(23)24)5-4-12-21-10-2-3-11-21/h2-3,6-11,17,19H,4-5,12-15H2,1H3,(H,23,24)/t17-,19-/m1/s1. The van der Waals surface area contributed by atoms with E-state index in [9.17, 15) is 9.90 Å². The number of methoxy groups -OCH3 is 1. The maximum atomic E-state index is 11.6. The number of thioether (sulfide) groups is 1.